The number of rotatable bonds is 1. The van der Waals surface area contributed by atoms with Crippen LogP contribution in [-0.4, -0.2) is 0 Å². The minimum atomic E-state index is 0.544. The van der Waals surface area contributed by atoms with Crippen LogP contribution in [0.15, 0.2) is 21.7 Å². The normalized spacial score (nSPS) is 8.57. The lowest BCUT2D eigenvalue weighted by atomic mass is 10.7. The van der Waals surface area contributed by atoms with E-state index in [1.165, 1.54) is 11.3 Å². The fourth-order valence-electron chi connectivity index (χ4n) is 0.311. The second kappa shape index (κ2) is 2.14. The lowest BCUT2D eigenvalue weighted by molar-refractivity contribution is 0.606. The van der Waals surface area contributed by atoms with Crippen LogP contribution in [0, 0.1) is 0 Å². The molecule has 0 spiro atoms. The van der Waals surface area contributed by atoms with Gasteiger partial charge in [0.15, 0.2) is 0 Å². The van der Waals surface area contributed by atoms with Crippen molar-refractivity contribution in [2.75, 3.05) is 0 Å². The molecule has 1 heterocycles. The number of hydrogen-bond acceptors (Lipinski definition) is 2. The highest BCUT2D eigenvalue weighted by molar-refractivity contribution is 7.68. The van der Waals surface area contributed by atoms with E-state index in [1.807, 2.05) is 17.5 Å². The molecular formula is C4H3OS2+. The van der Waals surface area contributed by atoms with Crippen LogP contribution in [0.2, 0.25) is 0 Å². The molecular weight excluding hydrogens is 128 g/mol. The summed E-state index contributed by atoms with van der Waals surface area (Å²) in [5, 5.41) is 1.89. The molecule has 0 radical (unpaired) electrons. The van der Waals surface area contributed by atoms with Crippen molar-refractivity contribution in [3.8, 4) is 0 Å². The summed E-state index contributed by atoms with van der Waals surface area (Å²) in [6, 6.07) is 3.67. The van der Waals surface area contributed by atoms with E-state index in [0.29, 0.717) is 11.7 Å². The van der Waals surface area contributed by atoms with E-state index in [4.69, 9.17) is 0 Å². The molecule has 0 aliphatic carbocycles. The Hall–Kier alpha value is -0.280. The highest BCUT2D eigenvalue weighted by Gasteiger charge is 2.02. The van der Waals surface area contributed by atoms with Crippen molar-refractivity contribution in [1.82, 2.24) is 0 Å². The van der Waals surface area contributed by atoms with Crippen molar-refractivity contribution in [2.45, 2.75) is 4.21 Å². The summed E-state index contributed by atoms with van der Waals surface area (Å²) in [5.74, 6) is 0. The molecule has 0 aromatic carbocycles. The van der Waals surface area contributed by atoms with Gasteiger partial charge in [-0.3, -0.25) is 0 Å². The van der Waals surface area contributed by atoms with E-state index in [9.17, 15) is 4.21 Å². The average molecular weight is 131 g/mol. The summed E-state index contributed by atoms with van der Waals surface area (Å²) in [6.45, 7) is 0. The van der Waals surface area contributed by atoms with Crippen LogP contribution in [-0.2, 0) is 15.9 Å². The Balaban J connectivity index is 2.96. The van der Waals surface area contributed by atoms with Crippen molar-refractivity contribution in [3.63, 3.8) is 0 Å². The van der Waals surface area contributed by atoms with Crippen molar-refractivity contribution in [3.05, 3.63) is 17.5 Å². The summed E-state index contributed by atoms with van der Waals surface area (Å²) in [7, 11) is 0. The summed E-state index contributed by atoms with van der Waals surface area (Å²) >= 11 is 2.02. The van der Waals surface area contributed by atoms with Gasteiger partial charge in [0.2, 0.25) is 0 Å². The van der Waals surface area contributed by atoms with Crippen LogP contribution >= 0.6 is 11.3 Å². The van der Waals surface area contributed by atoms with Crippen molar-refractivity contribution in [1.29, 1.82) is 0 Å². The predicted octanol–water partition coefficient (Wildman–Crippen LogP) is 1.54. The smallest absolute Gasteiger partial charge is 0.0798 e. The number of hydrogen-bond donors (Lipinski definition) is 0. The van der Waals surface area contributed by atoms with Crippen LogP contribution in [0.4, 0.5) is 0 Å². The Morgan fingerprint density at radius 3 is 2.86 bits per heavy atom. The maximum Gasteiger partial charge on any atom is 0.516 e. The fraction of sp³-hybridized carbons (Fsp3) is 0. The molecule has 0 aliphatic rings. The Morgan fingerprint density at radius 2 is 2.57 bits per heavy atom. The predicted molar refractivity (Wildman–Crippen MR) is 30.6 cm³/mol. The van der Waals surface area contributed by atoms with Crippen LogP contribution in [0.5, 0.6) is 0 Å². The van der Waals surface area contributed by atoms with Gasteiger partial charge in [0, 0.05) is 10.3 Å². The molecule has 3 heteroatoms. The molecule has 1 rings (SSSR count). The highest BCUT2D eigenvalue weighted by Crippen LogP contribution is 2.06. The monoisotopic (exact) mass is 131 g/mol. The van der Waals surface area contributed by atoms with E-state index in [0.717, 1.165) is 4.21 Å². The van der Waals surface area contributed by atoms with Crippen LogP contribution in [0.1, 0.15) is 0 Å². The largest absolute Gasteiger partial charge is 0.516 e. The molecule has 1 aromatic rings. The summed E-state index contributed by atoms with van der Waals surface area (Å²) in [4.78, 5) is 0. The molecule has 0 amide bonds. The average Bonchev–Trinajstić information content (AvgIpc) is 2.14. The topological polar surface area (TPSA) is 17.1 Å². The molecule has 0 saturated heterocycles. The third-order valence-electron chi connectivity index (χ3n) is 0.577. The minimum absolute atomic E-state index is 0.544. The van der Waals surface area contributed by atoms with Crippen molar-refractivity contribution >= 4 is 23.0 Å². The first kappa shape index (κ1) is 4.87. The third kappa shape index (κ3) is 1.04. The van der Waals surface area contributed by atoms with Crippen LogP contribution in [0.3, 0.4) is 0 Å². The lowest BCUT2D eigenvalue weighted by Gasteiger charge is -1.45. The van der Waals surface area contributed by atoms with Gasteiger partial charge in [0.1, 0.15) is 0 Å². The van der Waals surface area contributed by atoms with E-state index < -0.39 is 0 Å². The van der Waals surface area contributed by atoms with E-state index >= 15 is 0 Å². The zero-order valence-corrected chi connectivity index (χ0v) is 5.09. The van der Waals surface area contributed by atoms with Gasteiger partial charge in [-0.15, -0.1) is 0 Å². The Labute approximate surface area is 49.5 Å². The molecule has 1 aromatic heterocycles. The lowest BCUT2D eigenvalue weighted by Crippen LogP contribution is -1.51. The maximum atomic E-state index is 9.92. The second-order valence-corrected chi connectivity index (χ2v) is 2.83. The van der Waals surface area contributed by atoms with Gasteiger partial charge in [-0.05, 0) is 11.4 Å². The van der Waals surface area contributed by atoms with Gasteiger partial charge in [-0.1, -0.05) is 11.3 Å². The summed E-state index contributed by atoms with van der Waals surface area (Å²) in [6.07, 6.45) is 0. The molecule has 7 heavy (non-hydrogen) atoms. The second-order valence-electron chi connectivity index (χ2n) is 1.02. The fourth-order valence-corrected chi connectivity index (χ4v) is 1.22. The van der Waals surface area contributed by atoms with Crippen LogP contribution in [0.25, 0.3) is 0 Å². The van der Waals surface area contributed by atoms with E-state index in [2.05, 4.69) is 0 Å². The summed E-state index contributed by atoms with van der Waals surface area (Å²) in [5.41, 5.74) is 0. The van der Waals surface area contributed by atoms with Gasteiger partial charge in [-0.2, -0.15) is 0 Å². The first-order valence-electron chi connectivity index (χ1n) is 1.77. The highest BCUT2D eigenvalue weighted by atomic mass is 32.2. The van der Waals surface area contributed by atoms with Gasteiger partial charge >= 0.3 is 15.9 Å². The molecule has 0 fully saturated rings. The molecule has 0 unspecified atom stereocenters. The molecule has 0 atom stereocenters. The molecule has 0 saturated carbocycles. The van der Waals surface area contributed by atoms with Crippen molar-refractivity contribution in [2.24, 2.45) is 0 Å². The first-order valence-corrected chi connectivity index (χ1v) is 3.39. The summed E-state index contributed by atoms with van der Waals surface area (Å²) < 4.78 is 10.8. The maximum absolute atomic E-state index is 9.92. The Bertz CT molecular complexity index is 145. The SMILES string of the molecule is O=[S+]c1cccs1. The van der Waals surface area contributed by atoms with Gasteiger partial charge < -0.3 is 0 Å². The standard InChI is InChI=1S/C4H3OS2/c5-7-4-2-1-3-6-4/h1-3H/q+1. The minimum Gasteiger partial charge on any atom is -0.0798 e. The Kier molecular flexibility index (Phi) is 1.49. The number of thiophene rings is 1. The quantitative estimate of drug-likeness (QED) is 0.528. The van der Waals surface area contributed by atoms with Gasteiger partial charge in [0.05, 0.1) is 0 Å². The third-order valence-corrected chi connectivity index (χ3v) is 2.03. The first-order chi connectivity index (χ1) is 3.43. The zero-order chi connectivity index (χ0) is 5.11. The van der Waals surface area contributed by atoms with Crippen molar-refractivity contribution < 1.29 is 4.21 Å². The van der Waals surface area contributed by atoms with Crippen LogP contribution < -0.4 is 0 Å². The zero-order valence-electron chi connectivity index (χ0n) is 3.46. The Morgan fingerprint density at radius 1 is 1.71 bits per heavy atom. The molecule has 0 bridgehead atoms. The van der Waals surface area contributed by atoms with Gasteiger partial charge in [-0.25, -0.2) is 0 Å². The molecule has 0 aliphatic heterocycles. The van der Waals surface area contributed by atoms with Gasteiger partial charge in [0.25, 0.3) is 0 Å². The molecule has 0 N–H and O–H groups in total. The van der Waals surface area contributed by atoms with E-state index in [-0.39, 0.29) is 0 Å². The van der Waals surface area contributed by atoms with E-state index in [1.54, 1.807) is 0 Å². The molecule has 36 valence electrons. The molecule has 1 nitrogen and oxygen atoms in total.